The highest BCUT2D eigenvalue weighted by molar-refractivity contribution is 5.37. The van der Waals surface area contributed by atoms with Crippen molar-refractivity contribution in [2.24, 2.45) is 0 Å². The van der Waals surface area contributed by atoms with Gasteiger partial charge in [0, 0.05) is 30.4 Å². The molecule has 0 aromatic carbocycles. The van der Waals surface area contributed by atoms with E-state index in [0.29, 0.717) is 6.54 Å². The maximum atomic E-state index is 9.03. The summed E-state index contributed by atoms with van der Waals surface area (Å²) in [5.41, 5.74) is 3.29. The van der Waals surface area contributed by atoms with Gasteiger partial charge in [-0.25, -0.2) is 4.68 Å². The predicted molar refractivity (Wildman–Crippen MR) is 78.6 cm³/mol. The lowest BCUT2D eigenvalue weighted by Gasteiger charge is -2.09. The normalized spacial score (nSPS) is 11.0. The van der Waals surface area contributed by atoms with E-state index in [0.717, 1.165) is 36.7 Å². The Labute approximate surface area is 119 Å². The monoisotopic (exact) mass is 277 g/mol. The SMILES string of the molecule is CCCn1nccc1NCc1c(C)nn(CCO)c1C. The van der Waals surface area contributed by atoms with Gasteiger partial charge >= 0.3 is 0 Å². The van der Waals surface area contributed by atoms with Gasteiger partial charge in [0.2, 0.25) is 0 Å². The van der Waals surface area contributed by atoms with Crippen LogP contribution in [0.2, 0.25) is 0 Å². The third kappa shape index (κ3) is 3.01. The van der Waals surface area contributed by atoms with Crippen molar-refractivity contribution in [3.63, 3.8) is 0 Å². The Hall–Kier alpha value is -1.82. The molecule has 0 bridgehead atoms. The molecule has 0 saturated heterocycles. The summed E-state index contributed by atoms with van der Waals surface area (Å²) in [5.74, 6) is 1.03. The van der Waals surface area contributed by atoms with Gasteiger partial charge in [0.1, 0.15) is 5.82 Å². The molecule has 0 saturated carbocycles. The van der Waals surface area contributed by atoms with Crippen molar-refractivity contribution >= 4 is 5.82 Å². The molecule has 20 heavy (non-hydrogen) atoms. The maximum Gasteiger partial charge on any atom is 0.124 e. The molecule has 6 nitrogen and oxygen atoms in total. The Morgan fingerprint density at radius 1 is 1.25 bits per heavy atom. The number of aliphatic hydroxyl groups is 1. The molecule has 0 spiro atoms. The number of nitrogens with zero attached hydrogens (tertiary/aromatic N) is 4. The Kier molecular flexibility index (Phi) is 4.79. The van der Waals surface area contributed by atoms with E-state index >= 15 is 0 Å². The molecule has 2 rings (SSSR count). The summed E-state index contributed by atoms with van der Waals surface area (Å²) in [6, 6.07) is 1.98. The second-order valence-electron chi connectivity index (χ2n) is 4.89. The van der Waals surface area contributed by atoms with Gasteiger partial charge < -0.3 is 10.4 Å². The molecule has 2 N–H and O–H groups in total. The zero-order valence-electron chi connectivity index (χ0n) is 12.4. The molecule has 0 atom stereocenters. The third-order valence-corrected chi connectivity index (χ3v) is 3.44. The predicted octanol–water partition coefficient (Wildman–Crippen LogP) is 1.71. The van der Waals surface area contributed by atoms with Gasteiger partial charge in [0.25, 0.3) is 0 Å². The quantitative estimate of drug-likeness (QED) is 0.808. The second-order valence-corrected chi connectivity index (χ2v) is 4.89. The van der Waals surface area contributed by atoms with E-state index in [4.69, 9.17) is 5.11 Å². The van der Waals surface area contributed by atoms with E-state index in [-0.39, 0.29) is 6.61 Å². The highest BCUT2D eigenvalue weighted by atomic mass is 16.3. The van der Waals surface area contributed by atoms with E-state index in [1.54, 1.807) is 0 Å². The Morgan fingerprint density at radius 2 is 2.05 bits per heavy atom. The molecule has 0 unspecified atom stereocenters. The number of rotatable bonds is 7. The van der Waals surface area contributed by atoms with Crippen molar-refractivity contribution in [2.45, 2.75) is 46.8 Å². The van der Waals surface area contributed by atoms with Gasteiger partial charge in [0.05, 0.1) is 25.0 Å². The van der Waals surface area contributed by atoms with Gasteiger partial charge in [-0.1, -0.05) is 6.92 Å². The summed E-state index contributed by atoms with van der Waals surface area (Å²) in [6.45, 7) is 8.46. The van der Waals surface area contributed by atoms with Crippen LogP contribution in [0.25, 0.3) is 0 Å². The van der Waals surface area contributed by atoms with Crippen molar-refractivity contribution in [2.75, 3.05) is 11.9 Å². The molecule has 2 aromatic rings. The fraction of sp³-hybridized carbons (Fsp3) is 0.571. The van der Waals surface area contributed by atoms with Gasteiger partial charge in [-0.05, 0) is 20.3 Å². The highest BCUT2D eigenvalue weighted by Gasteiger charge is 2.11. The summed E-state index contributed by atoms with van der Waals surface area (Å²) < 4.78 is 3.83. The number of hydrogen-bond acceptors (Lipinski definition) is 4. The molecular formula is C14H23N5O. The molecule has 6 heteroatoms. The highest BCUT2D eigenvalue weighted by Crippen LogP contribution is 2.16. The standard InChI is InChI=1S/C14H23N5O/c1-4-7-19-14(5-6-16-19)15-10-13-11(2)17-18(8-9-20)12(13)3/h5-6,15,20H,4,7-10H2,1-3H3. The average molecular weight is 277 g/mol. The molecular weight excluding hydrogens is 254 g/mol. The summed E-state index contributed by atoms with van der Waals surface area (Å²) in [7, 11) is 0. The van der Waals surface area contributed by atoms with E-state index < -0.39 is 0 Å². The Balaban J connectivity index is 2.08. The van der Waals surface area contributed by atoms with E-state index in [9.17, 15) is 0 Å². The van der Waals surface area contributed by atoms with Crippen LogP contribution >= 0.6 is 0 Å². The van der Waals surface area contributed by atoms with Crippen molar-refractivity contribution in [1.29, 1.82) is 0 Å². The average Bonchev–Trinajstić information content (AvgIpc) is 2.95. The summed E-state index contributed by atoms with van der Waals surface area (Å²) in [5, 5.41) is 21.2. The van der Waals surface area contributed by atoms with Crippen LogP contribution in [0.15, 0.2) is 12.3 Å². The summed E-state index contributed by atoms with van der Waals surface area (Å²) in [6.07, 6.45) is 2.87. The first-order valence-corrected chi connectivity index (χ1v) is 7.06. The lowest BCUT2D eigenvalue weighted by Crippen LogP contribution is -2.09. The minimum Gasteiger partial charge on any atom is -0.394 e. The van der Waals surface area contributed by atoms with Crippen LogP contribution in [0.4, 0.5) is 5.82 Å². The molecule has 0 fully saturated rings. The zero-order chi connectivity index (χ0) is 14.5. The molecule has 110 valence electrons. The Morgan fingerprint density at radius 3 is 2.75 bits per heavy atom. The number of aryl methyl sites for hydroxylation is 2. The molecule has 0 aliphatic heterocycles. The van der Waals surface area contributed by atoms with E-state index in [1.165, 1.54) is 5.56 Å². The van der Waals surface area contributed by atoms with Crippen molar-refractivity contribution < 1.29 is 5.11 Å². The smallest absolute Gasteiger partial charge is 0.124 e. The topological polar surface area (TPSA) is 67.9 Å². The lowest BCUT2D eigenvalue weighted by molar-refractivity contribution is 0.268. The van der Waals surface area contributed by atoms with Crippen LogP contribution in [-0.4, -0.2) is 31.3 Å². The molecule has 0 aliphatic carbocycles. The first-order chi connectivity index (χ1) is 9.67. The van der Waals surface area contributed by atoms with Crippen molar-refractivity contribution in [1.82, 2.24) is 19.6 Å². The summed E-state index contributed by atoms with van der Waals surface area (Å²) >= 11 is 0. The van der Waals surface area contributed by atoms with Crippen LogP contribution < -0.4 is 5.32 Å². The fourth-order valence-corrected chi connectivity index (χ4v) is 2.35. The molecule has 0 radical (unpaired) electrons. The largest absolute Gasteiger partial charge is 0.394 e. The lowest BCUT2D eigenvalue weighted by atomic mass is 10.2. The van der Waals surface area contributed by atoms with Crippen LogP contribution in [-0.2, 0) is 19.6 Å². The van der Waals surface area contributed by atoms with Gasteiger partial charge in [-0.3, -0.25) is 4.68 Å². The van der Waals surface area contributed by atoms with Crippen molar-refractivity contribution in [3.8, 4) is 0 Å². The first-order valence-electron chi connectivity index (χ1n) is 7.06. The molecule has 0 aliphatic rings. The number of aliphatic hydroxyl groups excluding tert-OH is 1. The number of anilines is 1. The van der Waals surface area contributed by atoms with Gasteiger partial charge in [-0.15, -0.1) is 0 Å². The molecule has 2 aromatic heterocycles. The fourth-order valence-electron chi connectivity index (χ4n) is 2.35. The first kappa shape index (κ1) is 14.6. The van der Waals surface area contributed by atoms with Crippen LogP contribution in [0.5, 0.6) is 0 Å². The molecule has 2 heterocycles. The number of aromatic nitrogens is 4. The van der Waals surface area contributed by atoms with Crippen LogP contribution in [0.1, 0.15) is 30.3 Å². The zero-order valence-corrected chi connectivity index (χ0v) is 12.4. The third-order valence-electron chi connectivity index (χ3n) is 3.44. The van der Waals surface area contributed by atoms with Gasteiger partial charge in [-0.2, -0.15) is 10.2 Å². The number of nitrogens with one attached hydrogen (secondary N) is 1. The summed E-state index contributed by atoms with van der Waals surface area (Å²) in [4.78, 5) is 0. The van der Waals surface area contributed by atoms with E-state index in [2.05, 4.69) is 22.4 Å². The van der Waals surface area contributed by atoms with Crippen LogP contribution in [0, 0.1) is 13.8 Å². The van der Waals surface area contributed by atoms with Crippen molar-refractivity contribution in [3.05, 3.63) is 29.2 Å². The maximum absolute atomic E-state index is 9.03. The van der Waals surface area contributed by atoms with E-state index in [1.807, 2.05) is 35.5 Å². The minimum atomic E-state index is 0.109. The van der Waals surface area contributed by atoms with Gasteiger partial charge in [0.15, 0.2) is 0 Å². The Bertz CT molecular complexity index is 558. The minimum absolute atomic E-state index is 0.109. The van der Waals surface area contributed by atoms with Crippen LogP contribution in [0.3, 0.4) is 0 Å². The number of hydrogen-bond donors (Lipinski definition) is 2. The molecule has 0 amide bonds. The second kappa shape index (κ2) is 6.56.